The number of ether oxygens (including phenoxy) is 1. The predicted octanol–water partition coefficient (Wildman–Crippen LogP) is 1.71. The molecule has 6 heteroatoms. The van der Waals surface area contributed by atoms with E-state index >= 15 is 0 Å². The number of urea groups is 1. The SMILES string of the molecule is COc1ccc(C)nc1NC(=O)N1CCN2CCCC2C1. The second kappa shape index (κ2) is 5.89. The Bertz CT molecular complexity index is 534. The highest BCUT2D eigenvalue weighted by molar-refractivity contribution is 5.89. The monoisotopic (exact) mass is 290 g/mol. The maximum atomic E-state index is 12.4. The van der Waals surface area contributed by atoms with Gasteiger partial charge in [0.1, 0.15) is 0 Å². The smallest absolute Gasteiger partial charge is 0.323 e. The van der Waals surface area contributed by atoms with Crippen LogP contribution >= 0.6 is 0 Å². The highest BCUT2D eigenvalue weighted by atomic mass is 16.5. The van der Waals surface area contributed by atoms with Gasteiger partial charge in [0.15, 0.2) is 11.6 Å². The van der Waals surface area contributed by atoms with E-state index in [4.69, 9.17) is 4.74 Å². The summed E-state index contributed by atoms with van der Waals surface area (Å²) in [4.78, 5) is 21.2. The summed E-state index contributed by atoms with van der Waals surface area (Å²) >= 11 is 0. The number of nitrogens with one attached hydrogen (secondary N) is 1. The normalized spacial score (nSPS) is 22.0. The second-order valence-electron chi connectivity index (χ2n) is 5.71. The summed E-state index contributed by atoms with van der Waals surface area (Å²) in [6.07, 6.45) is 2.43. The van der Waals surface area contributed by atoms with Crippen molar-refractivity contribution in [2.45, 2.75) is 25.8 Å². The molecule has 1 unspecified atom stereocenters. The van der Waals surface area contributed by atoms with Crippen LogP contribution in [0.5, 0.6) is 5.75 Å². The number of methoxy groups -OCH3 is 1. The number of hydrogen-bond acceptors (Lipinski definition) is 4. The summed E-state index contributed by atoms with van der Waals surface area (Å²) in [5.41, 5.74) is 0.853. The van der Waals surface area contributed by atoms with Gasteiger partial charge in [-0.15, -0.1) is 0 Å². The Hall–Kier alpha value is -1.82. The Labute approximate surface area is 125 Å². The fourth-order valence-corrected chi connectivity index (χ4v) is 3.15. The Morgan fingerprint density at radius 2 is 2.24 bits per heavy atom. The number of amides is 2. The molecule has 0 bridgehead atoms. The molecule has 1 N–H and O–H groups in total. The highest BCUT2D eigenvalue weighted by Crippen LogP contribution is 2.24. The number of anilines is 1. The lowest BCUT2D eigenvalue weighted by Crippen LogP contribution is -2.53. The maximum absolute atomic E-state index is 12.4. The first-order chi connectivity index (χ1) is 10.2. The van der Waals surface area contributed by atoms with Crippen molar-refractivity contribution in [2.75, 3.05) is 38.6 Å². The average molecular weight is 290 g/mol. The molecule has 1 atom stereocenters. The molecular weight excluding hydrogens is 268 g/mol. The molecule has 114 valence electrons. The summed E-state index contributed by atoms with van der Waals surface area (Å²) in [6, 6.07) is 4.13. The van der Waals surface area contributed by atoms with Crippen molar-refractivity contribution < 1.29 is 9.53 Å². The van der Waals surface area contributed by atoms with Crippen LogP contribution in [0.1, 0.15) is 18.5 Å². The van der Waals surface area contributed by atoms with Gasteiger partial charge < -0.3 is 9.64 Å². The molecule has 3 heterocycles. The van der Waals surface area contributed by atoms with Crippen molar-refractivity contribution in [3.8, 4) is 5.75 Å². The number of rotatable bonds is 2. The van der Waals surface area contributed by atoms with Gasteiger partial charge in [0.25, 0.3) is 0 Å². The Balaban J connectivity index is 1.67. The zero-order valence-corrected chi connectivity index (χ0v) is 12.6. The Morgan fingerprint density at radius 1 is 1.38 bits per heavy atom. The number of fused-ring (bicyclic) bond motifs is 1. The van der Waals surface area contributed by atoms with E-state index in [0.717, 1.165) is 25.3 Å². The molecule has 2 aliphatic heterocycles. The molecule has 21 heavy (non-hydrogen) atoms. The molecule has 1 aromatic rings. The van der Waals surface area contributed by atoms with E-state index < -0.39 is 0 Å². The van der Waals surface area contributed by atoms with Gasteiger partial charge in [-0.1, -0.05) is 0 Å². The van der Waals surface area contributed by atoms with Gasteiger partial charge in [0.05, 0.1) is 7.11 Å². The minimum absolute atomic E-state index is 0.0852. The Kier molecular flexibility index (Phi) is 3.96. The predicted molar refractivity (Wildman–Crippen MR) is 80.7 cm³/mol. The summed E-state index contributed by atoms with van der Waals surface area (Å²) < 4.78 is 5.25. The quantitative estimate of drug-likeness (QED) is 0.901. The van der Waals surface area contributed by atoms with Gasteiger partial charge in [-0.05, 0) is 38.4 Å². The van der Waals surface area contributed by atoms with Gasteiger partial charge in [-0.25, -0.2) is 9.78 Å². The van der Waals surface area contributed by atoms with Crippen molar-refractivity contribution in [1.29, 1.82) is 0 Å². The fraction of sp³-hybridized carbons (Fsp3) is 0.600. The molecule has 2 saturated heterocycles. The third-order valence-electron chi connectivity index (χ3n) is 4.32. The number of hydrogen-bond donors (Lipinski definition) is 1. The van der Waals surface area contributed by atoms with Gasteiger partial charge >= 0.3 is 6.03 Å². The lowest BCUT2D eigenvalue weighted by atomic mass is 10.2. The van der Waals surface area contributed by atoms with E-state index in [9.17, 15) is 4.79 Å². The first-order valence-electron chi connectivity index (χ1n) is 7.49. The van der Waals surface area contributed by atoms with E-state index in [1.807, 2.05) is 24.0 Å². The first-order valence-corrected chi connectivity index (χ1v) is 7.49. The molecule has 0 saturated carbocycles. The van der Waals surface area contributed by atoms with Crippen molar-refractivity contribution in [1.82, 2.24) is 14.8 Å². The summed E-state index contributed by atoms with van der Waals surface area (Å²) in [5.74, 6) is 1.09. The summed E-state index contributed by atoms with van der Waals surface area (Å²) in [7, 11) is 1.58. The van der Waals surface area contributed by atoms with Crippen LogP contribution in [0.3, 0.4) is 0 Å². The van der Waals surface area contributed by atoms with Crippen LogP contribution < -0.4 is 10.1 Å². The van der Waals surface area contributed by atoms with Gasteiger partial charge in [-0.2, -0.15) is 0 Å². The molecule has 0 spiro atoms. The summed E-state index contributed by atoms with van der Waals surface area (Å²) in [6.45, 7) is 5.62. The second-order valence-corrected chi connectivity index (χ2v) is 5.71. The number of pyridine rings is 1. The maximum Gasteiger partial charge on any atom is 0.323 e. The van der Waals surface area contributed by atoms with E-state index in [1.165, 1.54) is 19.4 Å². The van der Waals surface area contributed by atoms with Crippen molar-refractivity contribution in [2.24, 2.45) is 0 Å². The zero-order chi connectivity index (χ0) is 14.8. The van der Waals surface area contributed by atoms with Gasteiger partial charge in [0.2, 0.25) is 0 Å². The molecule has 2 aliphatic rings. The van der Waals surface area contributed by atoms with Crippen LogP contribution in [0, 0.1) is 6.92 Å². The average Bonchev–Trinajstić information content (AvgIpc) is 2.94. The molecule has 0 radical (unpaired) electrons. The van der Waals surface area contributed by atoms with Crippen LogP contribution in [-0.2, 0) is 0 Å². The molecule has 3 rings (SSSR count). The summed E-state index contributed by atoms with van der Waals surface area (Å²) in [5, 5.41) is 2.88. The van der Waals surface area contributed by atoms with Crippen LogP contribution in [0.4, 0.5) is 10.6 Å². The minimum atomic E-state index is -0.0852. The number of carbonyl (C=O) groups is 1. The van der Waals surface area contributed by atoms with Gasteiger partial charge in [0, 0.05) is 31.4 Å². The number of nitrogens with zero attached hydrogens (tertiary/aromatic N) is 3. The number of carbonyl (C=O) groups excluding carboxylic acids is 1. The van der Waals surface area contributed by atoms with Crippen LogP contribution in [0.15, 0.2) is 12.1 Å². The molecular formula is C15H22N4O2. The minimum Gasteiger partial charge on any atom is -0.493 e. The molecule has 2 fully saturated rings. The largest absolute Gasteiger partial charge is 0.493 e. The highest BCUT2D eigenvalue weighted by Gasteiger charge is 2.32. The van der Waals surface area contributed by atoms with E-state index in [2.05, 4.69) is 15.2 Å². The molecule has 0 aliphatic carbocycles. The lowest BCUT2D eigenvalue weighted by Gasteiger charge is -2.37. The molecule has 0 aromatic carbocycles. The topological polar surface area (TPSA) is 57.7 Å². The molecule has 1 aromatic heterocycles. The van der Waals surface area contributed by atoms with Gasteiger partial charge in [-0.3, -0.25) is 10.2 Å². The van der Waals surface area contributed by atoms with Crippen molar-refractivity contribution >= 4 is 11.8 Å². The molecule has 2 amide bonds. The van der Waals surface area contributed by atoms with Crippen molar-refractivity contribution in [3.05, 3.63) is 17.8 Å². The number of piperazine rings is 1. The lowest BCUT2D eigenvalue weighted by molar-refractivity contribution is 0.124. The van der Waals surface area contributed by atoms with E-state index in [1.54, 1.807) is 7.11 Å². The standard InChI is InChI=1S/C15H22N4O2/c1-11-5-6-13(21-2)14(16-11)17-15(20)19-9-8-18-7-3-4-12(18)10-19/h5-6,12H,3-4,7-10H2,1-2H3,(H,16,17,20). The van der Waals surface area contributed by atoms with Crippen LogP contribution in [0.25, 0.3) is 0 Å². The van der Waals surface area contributed by atoms with E-state index in [-0.39, 0.29) is 6.03 Å². The third kappa shape index (κ3) is 2.95. The van der Waals surface area contributed by atoms with Crippen LogP contribution in [-0.4, -0.2) is 60.1 Å². The Morgan fingerprint density at radius 3 is 3.05 bits per heavy atom. The fourth-order valence-electron chi connectivity index (χ4n) is 3.15. The third-order valence-corrected chi connectivity index (χ3v) is 4.32. The number of aryl methyl sites for hydroxylation is 1. The zero-order valence-electron chi connectivity index (χ0n) is 12.6. The van der Waals surface area contributed by atoms with Crippen LogP contribution in [0.2, 0.25) is 0 Å². The number of aromatic nitrogens is 1. The van der Waals surface area contributed by atoms with Crippen molar-refractivity contribution in [3.63, 3.8) is 0 Å². The first kappa shape index (κ1) is 14.1. The van der Waals surface area contributed by atoms with E-state index in [0.29, 0.717) is 17.6 Å². The molecule has 6 nitrogen and oxygen atoms in total.